The number of phenols is 4. The van der Waals surface area contributed by atoms with Crippen LogP contribution in [0.25, 0.3) is 6.08 Å². The van der Waals surface area contributed by atoms with Crippen molar-refractivity contribution in [3.8, 4) is 23.0 Å². The molecule has 0 aliphatic carbocycles. The average molecular weight is 360 g/mol. The Morgan fingerprint density at radius 3 is 2.12 bits per heavy atom. The van der Waals surface area contributed by atoms with E-state index < -0.39 is 36.0 Å². The number of hydrogen-bond acceptors (Lipinski definition) is 7. The number of esters is 1. The number of benzene rings is 2. The van der Waals surface area contributed by atoms with E-state index in [0.717, 1.165) is 18.2 Å². The second kappa shape index (κ2) is 7.93. The molecule has 0 bridgehead atoms. The summed E-state index contributed by atoms with van der Waals surface area (Å²) in [6.07, 6.45) is 2.36. The summed E-state index contributed by atoms with van der Waals surface area (Å²) >= 11 is 0. The SMILES string of the molecule is O=C(/C=C\c1ccc(O)c(O)c1)OCC(C(=O)O)c1ccc(O)c(O)c1. The van der Waals surface area contributed by atoms with Crippen LogP contribution in [-0.2, 0) is 14.3 Å². The molecule has 8 heteroatoms. The lowest BCUT2D eigenvalue weighted by atomic mass is 10.00. The first kappa shape index (κ1) is 18.7. The summed E-state index contributed by atoms with van der Waals surface area (Å²) in [6.45, 7) is -0.483. The molecule has 0 aliphatic heterocycles. The van der Waals surface area contributed by atoms with E-state index in [1.54, 1.807) is 0 Å². The largest absolute Gasteiger partial charge is 0.504 e. The minimum Gasteiger partial charge on any atom is -0.504 e. The van der Waals surface area contributed by atoms with Crippen molar-refractivity contribution < 1.29 is 39.9 Å². The van der Waals surface area contributed by atoms with Gasteiger partial charge in [-0.3, -0.25) is 4.79 Å². The minimum atomic E-state index is -1.27. The molecular formula is C18H16O8. The second-order valence-corrected chi connectivity index (χ2v) is 5.35. The molecule has 2 rings (SSSR count). The zero-order valence-electron chi connectivity index (χ0n) is 13.4. The van der Waals surface area contributed by atoms with Crippen LogP contribution >= 0.6 is 0 Å². The maximum absolute atomic E-state index is 11.7. The van der Waals surface area contributed by atoms with Crippen molar-refractivity contribution in [3.05, 3.63) is 53.6 Å². The molecule has 0 heterocycles. The number of phenolic OH excluding ortho intramolecular Hbond substituents is 4. The Bertz CT molecular complexity index is 856. The Morgan fingerprint density at radius 1 is 0.923 bits per heavy atom. The third-order valence-corrected chi connectivity index (χ3v) is 3.50. The van der Waals surface area contributed by atoms with Gasteiger partial charge in [-0.2, -0.15) is 0 Å². The van der Waals surface area contributed by atoms with E-state index in [9.17, 15) is 35.1 Å². The number of aliphatic carboxylic acids is 1. The number of carboxylic acids is 1. The van der Waals surface area contributed by atoms with E-state index in [2.05, 4.69) is 0 Å². The molecular weight excluding hydrogens is 344 g/mol. The van der Waals surface area contributed by atoms with E-state index in [4.69, 9.17) is 4.74 Å². The summed E-state index contributed by atoms with van der Waals surface area (Å²) in [5.74, 6) is -4.83. The smallest absolute Gasteiger partial charge is 0.330 e. The topological polar surface area (TPSA) is 145 Å². The molecule has 0 spiro atoms. The molecule has 2 aromatic rings. The van der Waals surface area contributed by atoms with Crippen LogP contribution in [0.4, 0.5) is 0 Å². The highest BCUT2D eigenvalue weighted by atomic mass is 16.5. The normalized spacial score (nSPS) is 12.0. The molecule has 0 aromatic heterocycles. The summed E-state index contributed by atoms with van der Waals surface area (Å²) < 4.78 is 4.90. The van der Waals surface area contributed by atoms with Crippen LogP contribution in [0, 0.1) is 0 Å². The van der Waals surface area contributed by atoms with Gasteiger partial charge in [-0.15, -0.1) is 0 Å². The first-order valence-corrected chi connectivity index (χ1v) is 7.39. The van der Waals surface area contributed by atoms with Crippen LogP contribution in [0.5, 0.6) is 23.0 Å². The molecule has 1 atom stereocenters. The molecule has 26 heavy (non-hydrogen) atoms. The Balaban J connectivity index is 2.02. The highest BCUT2D eigenvalue weighted by molar-refractivity contribution is 5.87. The Morgan fingerprint density at radius 2 is 1.54 bits per heavy atom. The first-order valence-electron chi connectivity index (χ1n) is 7.39. The molecule has 0 fully saturated rings. The third kappa shape index (κ3) is 4.67. The highest BCUT2D eigenvalue weighted by Crippen LogP contribution is 2.29. The van der Waals surface area contributed by atoms with Gasteiger partial charge >= 0.3 is 11.9 Å². The third-order valence-electron chi connectivity index (χ3n) is 3.50. The lowest BCUT2D eigenvalue weighted by Crippen LogP contribution is -2.19. The molecule has 8 nitrogen and oxygen atoms in total. The molecule has 1 unspecified atom stereocenters. The molecule has 0 saturated heterocycles. The van der Waals surface area contributed by atoms with Crippen LogP contribution in [0.3, 0.4) is 0 Å². The molecule has 0 saturated carbocycles. The van der Waals surface area contributed by atoms with E-state index in [-0.39, 0.29) is 17.1 Å². The fourth-order valence-corrected chi connectivity index (χ4v) is 2.09. The van der Waals surface area contributed by atoms with Gasteiger partial charge in [0.05, 0.1) is 0 Å². The van der Waals surface area contributed by atoms with Crippen molar-refractivity contribution in [2.24, 2.45) is 0 Å². The number of carbonyl (C=O) groups excluding carboxylic acids is 1. The van der Waals surface area contributed by atoms with E-state index in [1.165, 1.54) is 30.3 Å². The van der Waals surface area contributed by atoms with Gasteiger partial charge in [0, 0.05) is 6.08 Å². The number of rotatable bonds is 6. The zero-order chi connectivity index (χ0) is 19.3. The van der Waals surface area contributed by atoms with Crippen molar-refractivity contribution in [3.63, 3.8) is 0 Å². The lowest BCUT2D eigenvalue weighted by Gasteiger charge is -2.13. The number of carboxylic acid groups (broad SMARTS) is 1. The van der Waals surface area contributed by atoms with Crippen molar-refractivity contribution in [2.75, 3.05) is 6.61 Å². The van der Waals surface area contributed by atoms with Crippen molar-refractivity contribution in [2.45, 2.75) is 5.92 Å². The molecule has 0 amide bonds. The molecule has 2 aromatic carbocycles. The molecule has 0 radical (unpaired) electrons. The second-order valence-electron chi connectivity index (χ2n) is 5.35. The summed E-state index contributed by atoms with van der Waals surface area (Å²) in [7, 11) is 0. The Labute approximate surface area is 147 Å². The van der Waals surface area contributed by atoms with Gasteiger partial charge < -0.3 is 30.3 Å². The van der Waals surface area contributed by atoms with E-state index in [1.807, 2.05) is 0 Å². The number of ether oxygens (including phenoxy) is 1. The van der Waals surface area contributed by atoms with Crippen molar-refractivity contribution >= 4 is 18.0 Å². The quantitative estimate of drug-likeness (QED) is 0.298. The minimum absolute atomic E-state index is 0.160. The highest BCUT2D eigenvalue weighted by Gasteiger charge is 2.22. The van der Waals surface area contributed by atoms with Gasteiger partial charge in [-0.05, 0) is 41.5 Å². The maximum atomic E-state index is 11.7. The summed E-state index contributed by atoms with van der Waals surface area (Å²) in [5.41, 5.74) is 0.587. The monoisotopic (exact) mass is 360 g/mol. The van der Waals surface area contributed by atoms with Gasteiger partial charge in [0.15, 0.2) is 23.0 Å². The van der Waals surface area contributed by atoms with Crippen LogP contribution in [-0.4, -0.2) is 44.1 Å². The molecule has 5 N–H and O–H groups in total. The van der Waals surface area contributed by atoms with Crippen LogP contribution in [0.2, 0.25) is 0 Å². The number of hydrogen-bond donors (Lipinski definition) is 5. The first-order chi connectivity index (χ1) is 12.3. The van der Waals surface area contributed by atoms with Crippen LogP contribution < -0.4 is 0 Å². The average Bonchev–Trinajstić information content (AvgIpc) is 2.59. The predicted molar refractivity (Wildman–Crippen MR) is 89.9 cm³/mol. The standard InChI is InChI=1S/C18H16O8/c19-13-4-1-10(7-15(13)21)2-6-17(23)26-9-12(18(24)25)11-3-5-14(20)16(22)8-11/h1-8,12,19-22H,9H2,(H,24,25)/b6-2-. The number of carbonyl (C=O) groups is 2. The Kier molecular flexibility index (Phi) is 5.69. The number of aromatic hydroxyl groups is 4. The van der Waals surface area contributed by atoms with Gasteiger partial charge in [-0.25, -0.2) is 4.79 Å². The molecule has 136 valence electrons. The van der Waals surface area contributed by atoms with Gasteiger partial charge in [-0.1, -0.05) is 12.1 Å². The molecule has 0 aliphatic rings. The lowest BCUT2D eigenvalue weighted by molar-refractivity contribution is -0.144. The maximum Gasteiger partial charge on any atom is 0.330 e. The van der Waals surface area contributed by atoms with Crippen molar-refractivity contribution in [1.82, 2.24) is 0 Å². The van der Waals surface area contributed by atoms with Crippen molar-refractivity contribution in [1.29, 1.82) is 0 Å². The summed E-state index contributed by atoms with van der Waals surface area (Å²) in [5, 5.41) is 46.6. The van der Waals surface area contributed by atoms with Crippen LogP contribution in [0.1, 0.15) is 17.0 Å². The summed E-state index contributed by atoms with van der Waals surface area (Å²) in [4.78, 5) is 23.1. The predicted octanol–water partition coefficient (Wildman–Crippen LogP) is 1.93. The fraction of sp³-hybridized carbons (Fsp3) is 0.111. The van der Waals surface area contributed by atoms with Gasteiger partial charge in [0.2, 0.25) is 0 Å². The fourth-order valence-electron chi connectivity index (χ4n) is 2.09. The van der Waals surface area contributed by atoms with E-state index in [0.29, 0.717) is 5.56 Å². The van der Waals surface area contributed by atoms with Gasteiger partial charge in [0.25, 0.3) is 0 Å². The van der Waals surface area contributed by atoms with E-state index >= 15 is 0 Å². The van der Waals surface area contributed by atoms with Crippen LogP contribution in [0.15, 0.2) is 42.5 Å². The Hall–Kier alpha value is -3.68. The zero-order valence-corrected chi connectivity index (χ0v) is 13.4. The van der Waals surface area contributed by atoms with Gasteiger partial charge in [0.1, 0.15) is 12.5 Å². The summed E-state index contributed by atoms with van der Waals surface area (Å²) in [6, 6.07) is 7.46.